The average Bonchev–Trinajstić information content (AvgIpc) is 2.13. The normalized spacial score (nSPS) is 13.3. The first-order valence-corrected chi connectivity index (χ1v) is 4.81. The number of likely N-dealkylation sites (N-methyl/N-ethyl adjacent to an activating group) is 1. The van der Waals surface area contributed by atoms with E-state index in [0.717, 1.165) is 19.5 Å². The van der Waals surface area contributed by atoms with E-state index < -0.39 is 0 Å². The lowest BCUT2D eigenvalue weighted by molar-refractivity contribution is 0.896. The molecule has 0 saturated heterocycles. The molecule has 0 aliphatic heterocycles. The third-order valence-corrected chi connectivity index (χ3v) is 1.51. The number of hydrogen-bond donors (Lipinski definition) is 1. The highest BCUT2D eigenvalue weighted by atomic mass is 14.8. The first-order chi connectivity index (χ1) is 6.35. The monoisotopic (exact) mass is 180 g/mol. The molecule has 0 fully saturated rings. The third kappa shape index (κ3) is 7.47. The Kier molecular flexibility index (Phi) is 8.57. The molecule has 0 rings (SSSR count). The molecule has 0 aromatic carbocycles. The number of hydrogen-bond acceptors (Lipinski definition) is 2. The van der Waals surface area contributed by atoms with E-state index in [-0.39, 0.29) is 0 Å². The van der Waals surface area contributed by atoms with Crippen molar-refractivity contribution in [2.45, 2.75) is 20.3 Å². The van der Waals surface area contributed by atoms with Crippen molar-refractivity contribution < 1.29 is 0 Å². The second-order valence-electron chi connectivity index (χ2n) is 2.83. The minimum atomic E-state index is 0.891. The topological polar surface area (TPSA) is 24.4 Å². The molecule has 0 aromatic rings. The molecule has 0 radical (unpaired) electrons. The number of nitrogens with one attached hydrogen (secondary N) is 1. The quantitative estimate of drug-likeness (QED) is 0.492. The maximum absolute atomic E-state index is 4.23. The molecule has 1 N–H and O–H groups in total. The van der Waals surface area contributed by atoms with Crippen LogP contribution in [-0.4, -0.2) is 26.4 Å². The predicted octanol–water partition coefficient (Wildman–Crippen LogP) is 2.19. The van der Waals surface area contributed by atoms with Crippen LogP contribution in [0.2, 0.25) is 0 Å². The summed E-state index contributed by atoms with van der Waals surface area (Å²) < 4.78 is 0. The highest BCUT2D eigenvalue weighted by molar-refractivity contribution is 5.73. The molecule has 0 amide bonds. The Bertz CT molecular complexity index is 190. The molecule has 0 aliphatic carbocycles. The first-order valence-electron chi connectivity index (χ1n) is 4.81. The summed E-state index contributed by atoms with van der Waals surface area (Å²) in [5.74, 6) is 0. The van der Waals surface area contributed by atoms with E-state index in [1.807, 2.05) is 32.3 Å². The molecule has 0 aliphatic rings. The number of aliphatic imine (C=N–C) groups is 1. The van der Waals surface area contributed by atoms with E-state index >= 15 is 0 Å². The van der Waals surface area contributed by atoms with Gasteiger partial charge in [-0.15, -0.1) is 0 Å². The lowest BCUT2D eigenvalue weighted by Crippen LogP contribution is -2.09. The van der Waals surface area contributed by atoms with Crippen LogP contribution in [0.5, 0.6) is 0 Å². The van der Waals surface area contributed by atoms with Gasteiger partial charge in [0, 0.05) is 19.3 Å². The van der Waals surface area contributed by atoms with Gasteiger partial charge in [-0.3, -0.25) is 4.99 Å². The Morgan fingerprint density at radius 2 is 2.23 bits per heavy atom. The first kappa shape index (κ1) is 12.1. The summed E-state index contributed by atoms with van der Waals surface area (Å²) >= 11 is 0. The van der Waals surface area contributed by atoms with Crippen LogP contribution in [0.3, 0.4) is 0 Å². The van der Waals surface area contributed by atoms with Gasteiger partial charge in [-0.25, -0.2) is 0 Å². The standard InChI is InChI=1S/C11H20N2/c1-4-6-11(10-12-3)7-9-13-8-5-2/h4,6-7,9,12H,5,8,10H2,1-3H3/b6-4+,11-7+,13-9?. The van der Waals surface area contributed by atoms with Crippen molar-refractivity contribution in [3.05, 3.63) is 23.8 Å². The molecule has 13 heavy (non-hydrogen) atoms. The van der Waals surface area contributed by atoms with Crippen LogP contribution in [0.15, 0.2) is 28.8 Å². The summed E-state index contributed by atoms with van der Waals surface area (Å²) in [4.78, 5) is 4.23. The number of allylic oxidation sites excluding steroid dienone is 2. The Morgan fingerprint density at radius 1 is 1.46 bits per heavy atom. The van der Waals surface area contributed by atoms with Gasteiger partial charge in [0.1, 0.15) is 0 Å². The molecule has 2 nitrogen and oxygen atoms in total. The van der Waals surface area contributed by atoms with Gasteiger partial charge in [0.15, 0.2) is 0 Å². The van der Waals surface area contributed by atoms with E-state index in [4.69, 9.17) is 0 Å². The zero-order chi connectivity index (χ0) is 9.94. The SMILES string of the molecule is C/C=C/C(=C\C=NCCC)CNC. The lowest BCUT2D eigenvalue weighted by atomic mass is 10.2. The average molecular weight is 180 g/mol. The lowest BCUT2D eigenvalue weighted by Gasteiger charge is -1.97. The number of rotatable bonds is 6. The molecule has 0 spiro atoms. The van der Waals surface area contributed by atoms with Crippen LogP contribution in [0, 0.1) is 0 Å². The van der Waals surface area contributed by atoms with Crippen LogP contribution < -0.4 is 5.32 Å². The van der Waals surface area contributed by atoms with Gasteiger partial charge in [0.2, 0.25) is 0 Å². The van der Waals surface area contributed by atoms with Crippen molar-refractivity contribution in [1.82, 2.24) is 5.32 Å². The largest absolute Gasteiger partial charge is 0.316 e. The van der Waals surface area contributed by atoms with Crippen molar-refractivity contribution in [2.75, 3.05) is 20.1 Å². The highest BCUT2D eigenvalue weighted by Crippen LogP contribution is 1.93. The minimum Gasteiger partial charge on any atom is -0.316 e. The zero-order valence-corrected chi connectivity index (χ0v) is 8.88. The molecule has 74 valence electrons. The maximum atomic E-state index is 4.23. The van der Waals surface area contributed by atoms with Crippen molar-refractivity contribution in [3.8, 4) is 0 Å². The van der Waals surface area contributed by atoms with Gasteiger partial charge in [-0.1, -0.05) is 19.1 Å². The Labute approximate surface area is 81.5 Å². The predicted molar refractivity (Wildman–Crippen MR) is 60.5 cm³/mol. The Balaban J connectivity index is 4.02. The summed E-state index contributed by atoms with van der Waals surface area (Å²) in [6.07, 6.45) is 9.17. The smallest absolute Gasteiger partial charge is 0.0386 e. The Hall–Kier alpha value is -0.890. The fraction of sp³-hybridized carbons (Fsp3) is 0.545. The molecule has 0 bridgehead atoms. The number of nitrogens with zero attached hydrogens (tertiary/aromatic N) is 1. The van der Waals surface area contributed by atoms with Gasteiger partial charge >= 0.3 is 0 Å². The molecule has 2 heteroatoms. The summed E-state index contributed by atoms with van der Waals surface area (Å²) in [6, 6.07) is 0. The zero-order valence-electron chi connectivity index (χ0n) is 8.88. The van der Waals surface area contributed by atoms with Crippen LogP contribution in [-0.2, 0) is 0 Å². The summed E-state index contributed by atoms with van der Waals surface area (Å²) in [6.45, 7) is 5.95. The fourth-order valence-electron chi connectivity index (χ4n) is 0.944. The second-order valence-corrected chi connectivity index (χ2v) is 2.83. The highest BCUT2D eigenvalue weighted by Gasteiger charge is 1.86. The summed E-state index contributed by atoms with van der Waals surface area (Å²) in [7, 11) is 1.94. The molecule has 0 heterocycles. The van der Waals surface area contributed by atoms with Crippen molar-refractivity contribution >= 4 is 6.21 Å². The molecule has 0 saturated carbocycles. The van der Waals surface area contributed by atoms with Gasteiger partial charge in [0.25, 0.3) is 0 Å². The fourth-order valence-corrected chi connectivity index (χ4v) is 0.944. The summed E-state index contributed by atoms with van der Waals surface area (Å²) in [5.41, 5.74) is 1.25. The molecule has 0 atom stereocenters. The Morgan fingerprint density at radius 3 is 2.77 bits per heavy atom. The van der Waals surface area contributed by atoms with Crippen molar-refractivity contribution in [1.29, 1.82) is 0 Å². The van der Waals surface area contributed by atoms with E-state index in [9.17, 15) is 0 Å². The molecule has 0 aromatic heterocycles. The molecule has 0 unspecified atom stereocenters. The van der Waals surface area contributed by atoms with Gasteiger partial charge in [-0.05, 0) is 32.0 Å². The minimum absolute atomic E-state index is 0.891. The molecular formula is C11H20N2. The van der Waals surface area contributed by atoms with E-state index in [1.54, 1.807) is 0 Å². The van der Waals surface area contributed by atoms with Gasteiger partial charge in [0.05, 0.1) is 0 Å². The van der Waals surface area contributed by atoms with E-state index in [2.05, 4.69) is 23.3 Å². The van der Waals surface area contributed by atoms with Crippen LogP contribution in [0.25, 0.3) is 0 Å². The maximum Gasteiger partial charge on any atom is 0.0386 e. The molecular weight excluding hydrogens is 160 g/mol. The van der Waals surface area contributed by atoms with E-state index in [0.29, 0.717) is 0 Å². The second kappa shape index (κ2) is 9.20. The van der Waals surface area contributed by atoms with Crippen LogP contribution >= 0.6 is 0 Å². The van der Waals surface area contributed by atoms with Crippen LogP contribution in [0.4, 0.5) is 0 Å². The third-order valence-electron chi connectivity index (χ3n) is 1.51. The van der Waals surface area contributed by atoms with Crippen molar-refractivity contribution in [2.24, 2.45) is 4.99 Å². The van der Waals surface area contributed by atoms with E-state index in [1.165, 1.54) is 5.57 Å². The van der Waals surface area contributed by atoms with Gasteiger partial charge in [-0.2, -0.15) is 0 Å². The van der Waals surface area contributed by atoms with Crippen LogP contribution in [0.1, 0.15) is 20.3 Å². The summed E-state index contributed by atoms with van der Waals surface area (Å²) in [5, 5.41) is 3.11. The van der Waals surface area contributed by atoms with Crippen molar-refractivity contribution in [3.63, 3.8) is 0 Å². The van der Waals surface area contributed by atoms with Gasteiger partial charge < -0.3 is 5.32 Å².